The highest BCUT2D eigenvalue weighted by molar-refractivity contribution is 5.44. The lowest BCUT2D eigenvalue weighted by Gasteiger charge is -2.35. The monoisotopic (exact) mass is 386 g/mol. The third-order valence-corrected chi connectivity index (χ3v) is 7.45. The smallest absolute Gasteiger partial charge is 0.00751 e. The fraction of sp³-hybridized carbons (Fsp3) is 0.786. The van der Waals surface area contributed by atoms with Gasteiger partial charge in [-0.3, -0.25) is 0 Å². The van der Waals surface area contributed by atoms with Crippen molar-refractivity contribution in [3.8, 4) is 0 Å². The molecular formula is C28H50. The lowest BCUT2D eigenvalue weighted by atomic mass is 9.69. The minimum atomic E-state index is 0.308. The van der Waals surface area contributed by atoms with E-state index in [1.165, 1.54) is 62.5 Å². The molecule has 2 unspecified atom stereocenters. The Hall–Kier alpha value is -0.780. The summed E-state index contributed by atoms with van der Waals surface area (Å²) in [7, 11) is 0. The summed E-state index contributed by atoms with van der Waals surface area (Å²) in [5.74, 6) is 1.62. The molecule has 0 aromatic heterocycles. The molecule has 1 rings (SSSR count). The molecule has 0 aliphatic heterocycles. The molecule has 0 amide bonds. The van der Waals surface area contributed by atoms with Crippen molar-refractivity contribution in [1.29, 1.82) is 0 Å². The first-order valence-corrected chi connectivity index (χ1v) is 12.1. The molecular weight excluding hydrogens is 336 g/mol. The van der Waals surface area contributed by atoms with Crippen LogP contribution in [0.4, 0.5) is 0 Å². The molecule has 1 aromatic rings. The SMILES string of the molecule is CCC(C)(CCCC(C)C)c1cc(C)c(C(C)(CC)CCCC(C)C)cc1C. The summed E-state index contributed by atoms with van der Waals surface area (Å²) in [6.45, 7) is 23.8. The first kappa shape index (κ1) is 25.3. The maximum atomic E-state index is 2.56. The van der Waals surface area contributed by atoms with Crippen LogP contribution in [0.3, 0.4) is 0 Å². The minimum Gasteiger partial charge on any atom is -0.0645 e. The summed E-state index contributed by atoms with van der Waals surface area (Å²) in [6.07, 6.45) is 10.4. The maximum Gasteiger partial charge on any atom is -0.00751 e. The molecule has 0 aliphatic carbocycles. The zero-order valence-corrected chi connectivity index (χ0v) is 21.0. The second kappa shape index (κ2) is 10.8. The van der Waals surface area contributed by atoms with Crippen molar-refractivity contribution in [2.45, 2.75) is 131 Å². The highest BCUT2D eigenvalue weighted by atomic mass is 14.3. The van der Waals surface area contributed by atoms with E-state index in [0.29, 0.717) is 10.8 Å². The highest BCUT2D eigenvalue weighted by Crippen LogP contribution is 2.41. The van der Waals surface area contributed by atoms with Crippen molar-refractivity contribution in [2.75, 3.05) is 0 Å². The summed E-state index contributed by atoms with van der Waals surface area (Å²) in [5, 5.41) is 0. The molecule has 0 saturated carbocycles. The predicted molar refractivity (Wildman–Crippen MR) is 129 cm³/mol. The molecule has 2 atom stereocenters. The molecule has 1 aromatic carbocycles. The van der Waals surface area contributed by atoms with Gasteiger partial charge in [0, 0.05) is 0 Å². The van der Waals surface area contributed by atoms with Crippen LogP contribution in [0.1, 0.15) is 129 Å². The van der Waals surface area contributed by atoms with E-state index in [1.54, 1.807) is 11.1 Å². The Labute approximate surface area is 177 Å². The van der Waals surface area contributed by atoms with Crippen molar-refractivity contribution in [2.24, 2.45) is 11.8 Å². The number of hydrogen-bond donors (Lipinski definition) is 0. The van der Waals surface area contributed by atoms with Crippen LogP contribution >= 0.6 is 0 Å². The maximum absolute atomic E-state index is 2.56. The average molecular weight is 387 g/mol. The van der Waals surface area contributed by atoms with Gasteiger partial charge < -0.3 is 0 Å². The van der Waals surface area contributed by atoms with E-state index in [0.717, 1.165) is 11.8 Å². The third-order valence-electron chi connectivity index (χ3n) is 7.45. The Kier molecular flexibility index (Phi) is 9.78. The molecule has 0 saturated heterocycles. The molecule has 0 N–H and O–H groups in total. The van der Waals surface area contributed by atoms with Crippen LogP contribution in [-0.4, -0.2) is 0 Å². The molecule has 0 radical (unpaired) electrons. The Bertz CT molecular complexity index is 541. The summed E-state index contributed by atoms with van der Waals surface area (Å²) < 4.78 is 0. The summed E-state index contributed by atoms with van der Waals surface area (Å²) in [5.41, 5.74) is 6.84. The van der Waals surface area contributed by atoms with Crippen LogP contribution in [0.15, 0.2) is 12.1 Å². The number of rotatable bonds is 12. The van der Waals surface area contributed by atoms with Crippen LogP contribution in [0.25, 0.3) is 0 Å². The third kappa shape index (κ3) is 6.64. The Morgan fingerprint density at radius 3 is 1.25 bits per heavy atom. The van der Waals surface area contributed by atoms with E-state index in [4.69, 9.17) is 0 Å². The lowest BCUT2D eigenvalue weighted by Crippen LogP contribution is -2.26. The molecule has 0 aliphatic rings. The van der Waals surface area contributed by atoms with Gasteiger partial charge in [0.1, 0.15) is 0 Å². The van der Waals surface area contributed by atoms with Crippen molar-refractivity contribution < 1.29 is 0 Å². The van der Waals surface area contributed by atoms with E-state index in [9.17, 15) is 0 Å². The lowest BCUT2D eigenvalue weighted by molar-refractivity contribution is 0.374. The second-order valence-corrected chi connectivity index (χ2v) is 10.9. The first-order chi connectivity index (χ1) is 13.0. The molecule has 0 fully saturated rings. The van der Waals surface area contributed by atoms with Gasteiger partial charge in [-0.25, -0.2) is 0 Å². The zero-order chi connectivity index (χ0) is 21.5. The van der Waals surface area contributed by atoms with Gasteiger partial charge >= 0.3 is 0 Å². The topological polar surface area (TPSA) is 0 Å². The van der Waals surface area contributed by atoms with Crippen LogP contribution < -0.4 is 0 Å². The largest absolute Gasteiger partial charge is 0.0645 e. The minimum absolute atomic E-state index is 0.308. The number of hydrogen-bond acceptors (Lipinski definition) is 0. The fourth-order valence-electron chi connectivity index (χ4n) is 4.92. The van der Waals surface area contributed by atoms with Gasteiger partial charge in [-0.15, -0.1) is 0 Å². The van der Waals surface area contributed by atoms with E-state index in [2.05, 4.69) is 81.4 Å². The van der Waals surface area contributed by atoms with Crippen LogP contribution in [0.5, 0.6) is 0 Å². The van der Waals surface area contributed by atoms with Gasteiger partial charge in [0.25, 0.3) is 0 Å². The zero-order valence-electron chi connectivity index (χ0n) is 21.0. The van der Waals surface area contributed by atoms with Gasteiger partial charge in [0.2, 0.25) is 0 Å². The van der Waals surface area contributed by atoms with Crippen molar-refractivity contribution >= 4 is 0 Å². The van der Waals surface area contributed by atoms with Crippen LogP contribution in [0.2, 0.25) is 0 Å². The molecule has 0 heteroatoms. The molecule has 0 bridgehead atoms. The first-order valence-electron chi connectivity index (χ1n) is 12.1. The fourth-order valence-corrected chi connectivity index (χ4v) is 4.92. The Balaban J connectivity index is 3.16. The number of benzene rings is 1. The van der Waals surface area contributed by atoms with Gasteiger partial charge in [0.05, 0.1) is 0 Å². The summed E-state index contributed by atoms with van der Waals surface area (Å²) in [6, 6.07) is 5.11. The van der Waals surface area contributed by atoms with Crippen LogP contribution in [-0.2, 0) is 10.8 Å². The average Bonchev–Trinajstić information content (AvgIpc) is 2.62. The van der Waals surface area contributed by atoms with Crippen LogP contribution in [0, 0.1) is 25.7 Å². The van der Waals surface area contributed by atoms with Gasteiger partial charge in [-0.2, -0.15) is 0 Å². The molecule has 162 valence electrons. The molecule has 0 nitrogen and oxygen atoms in total. The van der Waals surface area contributed by atoms with Crippen molar-refractivity contribution in [3.05, 3.63) is 34.4 Å². The molecule has 28 heavy (non-hydrogen) atoms. The predicted octanol–water partition coefficient (Wildman–Crippen LogP) is 9.29. The van der Waals surface area contributed by atoms with E-state index in [1.807, 2.05) is 0 Å². The van der Waals surface area contributed by atoms with E-state index < -0.39 is 0 Å². The van der Waals surface area contributed by atoms with Crippen molar-refractivity contribution in [1.82, 2.24) is 0 Å². The highest BCUT2D eigenvalue weighted by Gasteiger charge is 2.30. The Morgan fingerprint density at radius 2 is 1.00 bits per heavy atom. The summed E-state index contributed by atoms with van der Waals surface area (Å²) >= 11 is 0. The van der Waals surface area contributed by atoms with Gasteiger partial charge in [0.15, 0.2) is 0 Å². The van der Waals surface area contributed by atoms with Crippen molar-refractivity contribution in [3.63, 3.8) is 0 Å². The quantitative estimate of drug-likeness (QED) is 0.335. The second-order valence-electron chi connectivity index (χ2n) is 10.9. The molecule has 0 spiro atoms. The van der Waals surface area contributed by atoms with Gasteiger partial charge in [-0.1, -0.05) is 93.2 Å². The number of aryl methyl sites for hydroxylation is 2. The normalized spacial score (nSPS) is 16.4. The van der Waals surface area contributed by atoms with E-state index in [-0.39, 0.29) is 0 Å². The standard InChI is InChI=1S/C28H50/c1-11-27(9,17-13-15-21(3)4)25-19-24(8)26(20-23(25)7)28(10,12-2)18-14-16-22(5)6/h19-22H,11-18H2,1-10H3. The Morgan fingerprint density at radius 1 is 0.679 bits per heavy atom. The van der Waals surface area contributed by atoms with E-state index >= 15 is 0 Å². The molecule has 0 heterocycles. The summed E-state index contributed by atoms with van der Waals surface area (Å²) in [4.78, 5) is 0. The van der Waals surface area contributed by atoms with Gasteiger partial charge in [-0.05, 0) is 84.5 Å².